The summed E-state index contributed by atoms with van der Waals surface area (Å²) >= 11 is 1.03. The molecule has 2 rings (SSSR count). The van der Waals surface area contributed by atoms with Crippen molar-refractivity contribution in [1.82, 2.24) is 15.5 Å². The molecule has 7 nitrogen and oxygen atoms in total. The molecule has 2 aromatic rings. The topological polar surface area (TPSA) is 118 Å². The van der Waals surface area contributed by atoms with Crippen LogP contribution in [0.3, 0.4) is 0 Å². The number of sulfonamides is 1. The van der Waals surface area contributed by atoms with Gasteiger partial charge in [-0.05, 0) is 18.2 Å². The summed E-state index contributed by atoms with van der Waals surface area (Å²) in [6.45, 7) is 0.234. The summed E-state index contributed by atoms with van der Waals surface area (Å²) in [5.74, 6) is -0.307. The van der Waals surface area contributed by atoms with Crippen molar-refractivity contribution < 1.29 is 13.2 Å². The van der Waals surface area contributed by atoms with Crippen LogP contribution in [0.1, 0.15) is 15.4 Å². The summed E-state index contributed by atoms with van der Waals surface area (Å²) in [6, 6.07) is 4.56. The summed E-state index contributed by atoms with van der Waals surface area (Å²) in [5.41, 5.74) is 0.346. The first-order valence-electron chi connectivity index (χ1n) is 4.86. The molecule has 18 heavy (non-hydrogen) atoms. The zero-order valence-electron chi connectivity index (χ0n) is 9.08. The lowest BCUT2D eigenvalue weighted by atomic mass is 10.4. The fraction of sp³-hybridized carbons (Fsp3) is 0.111. The van der Waals surface area contributed by atoms with Crippen molar-refractivity contribution in [3.8, 4) is 0 Å². The number of thiophene rings is 1. The van der Waals surface area contributed by atoms with Gasteiger partial charge in [0.25, 0.3) is 5.91 Å². The Morgan fingerprint density at radius 3 is 2.78 bits per heavy atom. The van der Waals surface area contributed by atoms with E-state index in [1.165, 1.54) is 12.3 Å². The highest BCUT2D eigenvalue weighted by Gasteiger charge is 2.12. The fourth-order valence-corrected chi connectivity index (χ4v) is 2.97. The summed E-state index contributed by atoms with van der Waals surface area (Å²) in [6.07, 6.45) is 1.47. The zero-order valence-corrected chi connectivity index (χ0v) is 10.7. The average molecular weight is 286 g/mol. The van der Waals surface area contributed by atoms with Crippen LogP contribution in [0.2, 0.25) is 0 Å². The molecule has 0 aliphatic heterocycles. The van der Waals surface area contributed by atoms with E-state index in [-0.39, 0.29) is 16.7 Å². The molecule has 96 valence electrons. The summed E-state index contributed by atoms with van der Waals surface area (Å²) in [7, 11) is -3.67. The highest BCUT2D eigenvalue weighted by molar-refractivity contribution is 7.91. The third-order valence-corrected chi connectivity index (χ3v) is 4.61. The van der Waals surface area contributed by atoms with E-state index in [1.807, 2.05) is 0 Å². The van der Waals surface area contributed by atoms with Gasteiger partial charge in [0, 0.05) is 11.1 Å². The van der Waals surface area contributed by atoms with Gasteiger partial charge in [-0.15, -0.1) is 11.3 Å². The number of H-pyrrole nitrogens is 1. The van der Waals surface area contributed by atoms with E-state index in [1.54, 1.807) is 12.1 Å². The van der Waals surface area contributed by atoms with Gasteiger partial charge in [0.2, 0.25) is 10.0 Å². The second kappa shape index (κ2) is 4.88. The lowest BCUT2D eigenvalue weighted by Gasteiger charge is -2.00. The molecule has 0 spiro atoms. The van der Waals surface area contributed by atoms with E-state index in [2.05, 4.69) is 15.5 Å². The third kappa shape index (κ3) is 2.94. The highest BCUT2D eigenvalue weighted by Crippen LogP contribution is 2.19. The third-order valence-electron chi connectivity index (χ3n) is 2.09. The number of hydrogen-bond acceptors (Lipinski definition) is 5. The molecule has 0 aliphatic rings. The molecule has 2 aromatic heterocycles. The number of amides is 1. The molecular formula is C9H10N4O3S2. The van der Waals surface area contributed by atoms with Gasteiger partial charge in [-0.3, -0.25) is 9.89 Å². The van der Waals surface area contributed by atoms with Gasteiger partial charge in [-0.2, -0.15) is 5.10 Å². The number of aromatic amines is 1. The first-order chi connectivity index (χ1) is 8.47. The Morgan fingerprint density at radius 2 is 2.22 bits per heavy atom. The molecule has 0 bridgehead atoms. The van der Waals surface area contributed by atoms with E-state index in [4.69, 9.17) is 5.14 Å². The Bertz CT molecular complexity index is 645. The summed E-state index contributed by atoms with van der Waals surface area (Å²) < 4.78 is 22.2. The van der Waals surface area contributed by atoms with Gasteiger partial charge in [-0.1, -0.05) is 0 Å². The quantitative estimate of drug-likeness (QED) is 0.735. The van der Waals surface area contributed by atoms with Crippen molar-refractivity contribution in [2.75, 3.05) is 0 Å². The Kier molecular flexibility index (Phi) is 3.45. The van der Waals surface area contributed by atoms with E-state index >= 15 is 0 Å². The predicted molar refractivity (Wildman–Crippen MR) is 65.5 cm³/mol. The molecule has 4 N–H and O–H groups in total. The number of aromatic nitrogens is 2. The highest BCUT2D eigenvalue weighted by atomic mass is 32.2. The summed E-state index contributed by atoms with van der Waals surface area (Å²) in [4.78, 5) is 12.3. The van der Waals surface area contributed by atoms with Crippen molar-refractivity contribution in [3.63, 3.8) is 0 Å². The van der Waals surface area contributed by atoms with Crippen molar-refractivity contribution >= 4 is 27.3 Å². The Morgan fingerprint density at radius 1 is 1.44 bits per heavy atom. The minimum Gasteiger partial charge on any atom is -0.346 e. The van der Waals surface area contributed by atoms with E-state index < -0.39 is 10.0 Å². The van der Waals surface area contributed by atoms with Crippen LogP contribution in [0, 0.1) is 0 Å². The maximum Gasteiger partial charge on any atom is 0.269 e. The first-order valence-corrected chi connectivity index (χ1v) is 7.22. The average Bonchev–Trinajstić information content (AvgIpc) is 2.96. The molecule has 2 heterocycles. The lowest BCUT2D eigenvalue weighted by molar-refractivity contribution is 0.0946. The van der Waals surface area contributed by atoms with Crippen LogP contribution in [-0.2, 0) is 16.6 Å². The van der Waals surface area contributed by atoms with Crippen molar-refractivity contribution in [2.24, 2.45) is 5.14 Å². The maximum absolute atomic E-state index is 11.6. The Hall–Kier alpha value is -1.71. The van der Waals surface area contributed by atoms with Crippen LogP contribution >= 0.6 is 11.3 Å². The maximum atomic E-state index is 11.6. The number of nitrogens with zero attached hydrogens (tertiary/aromatic N) is 1. The number of nitrogens with one attached hydrogen (secondary N) is 2. The molecule has 0 saturated carbocycles. The molecule has 0 unspecified atom stereocenters. The second-order valence-electron chi connectivity index (χ2n) is 3.42. The largest absolute Gasteiger partial charge is 0.346 e. The number of nitrogens with two attached hydrogens (primary N) is 1. The van der Waals surface area contributed by atoms with E-state index in [0.29, 0.717) is 10.6 Å². The van der Waals surface area contributed by atoms with E-state index in [0.717, 1.165) is 11.3 Å². The zero-order chi connectivity index (χ0) is 13.2. The van der Waals surface area contributed by atoms with Gasteiger partial charge < -0.3 is 5.32 Å². The van der Waals surface area contributed by atoms with Crippen LogP contribution in [-0.4, -0.2) is 24.5 Å². The SMILES string of the molecule is NS(=O)(=O)c1ccc(CNC(=O)c2ccn[nH]2)s1. The summed E-state index contributed by atoms with van der Waals surface area (Å²) in [5, 5.41) is 13.8. The minimum absolute atomic E-state index is 0.0771. The lowest BCUT2D eigenvalue weighted by Crippen LogP contribution is -2.22. The monoisotopic (exact) mass is 286 g/mol. The first kappa shape index (κ1) is 12.7. The van der Waals surface area contributed by atoms with Crippen LogP contribution in [0.15, 0.2) is 28.6 Å². The van der Waals surface area contributed by atoms with Gasteiger partial charge in [0.15, 0.2) is 0 Å². The van der Waals surface area contributed by atoms with Crippen molar-refractivity contribution in [1.29, 1.82) is 0 Å². The molecule has 9 heteroatoms. The second-order valence-corrected chi connectivity index (χ2v) is 6.38. The number of carbonyl (C=O) groups excluding carboxylic acids is 1. The smallest absolute Gasteiger partial charge is 0.269 e. The number of hydrogen-bond donors (Lipinski definition) is 3. The van der Waals surface area contributed by atoms with Gasteiger partial charge in [0.05, 0.1) is 6.54 Å². The minimum atomic E-state index is -3.67. The molecule has 0 fully saturated rings. The van der Waals surface area contributed by atoms with Gasteiger partial charge in [-0.25, -0.2) is 13.6 Å². The van der Waals surface area contributed by atoms with Gasteiger partial charge >= 0.3 is 0 Å². The molecule has 0 aliphatic carbocycles. The molecule has 1 amide bonds. The normalized spacial score (nSPS) is 11.4. The molecular weight excluding hydrogens is 276 g/mol. The molecule has 0 saturated heterocycles. The molecule has 0 atom stereocenters. The van der Waals surface area contributed by atoms with Crippen LogP contribution in [0.5, 0.6) is 0 Å². The Labute approximate surface area is 107 Å². The van der Waals surface area contributed by atoms with Crippen molar-refractivity contribution in [3.05, 3.63) is 35.0 Å². The molecule has 0 radical (unpaired) electrons. The predicted octanol–water partition coefficient (Wildman–Crippen LogP) is 0.0486. The van der Waals surface area contributed by atoms with Crippen molar-refractivity contribution in [2.45, 2.75) is 10.8 Å². The molecule has 0 aromatic carbocycles. The number of rotatable bonds is 4. The standard InChI is InChI=1S/C9H10N4O3S2/c10-18(15,16)8-2-1-6(17-8)5-11-9(14)7-3-4-12-13-7/h1-4H,5H2,(H,11,14)(H,12,13)(H2,10,15,16). The van der Waals surface area contributed by atoms with Crippen LogP contribution in [0.25, 0.3) is 0 Å². The number of primary sulfonamides is 1. The van der Waals surface area contributed by atoms with Crippen LogP contribution < -0.4 is 10.5 Å². The Balaban J connectivity index is 1.99. The number of carbonyl (C=O) groups is 1. The fourth-order valence-electron chi connectivity index (χ4n) is 1.25. The van der Waals surface area contributed by atoms with Gasteiger partial charge in [0.1, 0.15) is 9.90 Å². The van der Waals surface area contributed by atoms with Crippen LogP contribution in [0.4, 0.5) is 0 Å². The van der Waals surface area contributed by atoms with E-state index in [9.17, 15) is 13.2 Å².